The minimum atomic E-state index is 0.316. The van der Waals surface area contributed by atoms with Crippen LogP contribution in [0.15, 0.2) is 18.5 Å². The first-order valence-corrected chi connectivity index (χ1v) is 10.5. The SMILES string of the molecule is Cc1c(Nc2nc(N[C@@H](C)C3CCCCC3)c3cc[nH]c3n2)cnn1C(C)C. The van der Waals surface area contributed by atoms with Crippen LogP contribution in [0.4, 0.5) is 17.5 Å². The molecule has 1 fully saturated rings. The Morgan fingerprint density at radius 2 is 1.93 bits per heavy atom. The standard InChI is InChI=1S/C21H31N7/c1-13(2)28-15(4)18(12-23-28)25-21-26-19-17(10-11-22-19)20(27-21)24-14(3)16-8-6-5-7-9-16/h10-14,16H,5-9H2,1-4H3,(H3,22,24,25,26,27)/t14-/m0/s1. The van der Waals surface area contributed by atoms with Gasteiger partial charge in [0.05, 0.1) is 23.0 Å². The van der Waals surface area contributed by atoms with E-state index in [1.54, 1.807) is 0 Å². The maximum absolute atomic E-state index is 4.81. The van der Waals surface area contributed by atoms with Crippen molar-refractivity contribution in [2.45, 2.75) is 71.9 Å². The molecule has 0 amide bonds. The second-order valence-corrected chi connectivity index (χ2v) is 8.27. The Kier molecular flexibility index (Phi) is 5.24. The summed E-state index contributed by atoms with van der Waals surface area (Å²) >= 11 is 0. The van der Waals surface area contributed by atoms with Crippen molar-refractivity contribution in [2.24, 2.45) is 5.92 Å². The number of hydrogen-bond acceptors (Lipinski definition) is 5. The fraction of sp³-hybridized carbons (Fsp3) is 0.571. The van der Waals surface area contributed by atoms with E-state index in [0.717, 1.165) is 28.2 Å². The van der Waals surface area contributed by atoms with Gasteiger partial charge in [-0.3, -0.25) is 4.68 Å². The van der Waals surface area contributed by atoms with E-state index < -0.39 is 0 Å². The van der Waals surface area contributed by atoms with Gasteiger partial charge >= 0.3 is 0 Å². The molecule has 7 nitrogen and oxygen atoms in total. The number of nitrogens with zero attached hydrogens (tertiary/aromatic N) is 4. The number of rotatable bonds is 6. The summed E-state index contributed by atoms with van der Waals surface area (Å²) in [4.78, 5) is 12.7. The molecule has 0 bridgehead atoms. The number of anilines is 3. The van der Waals surface area contributed by atoms with Gasteiger partial charge in [-0.25, -0.2) is 0 Å². The van der Waals surface area contributed by atoms with Crippen LogP contribution in [0, 0.1) is 12.8 Å². The van der Waals surface area contributed by atoms with E-state index >= 15 is 0 Å². The molecule has 1 aliphatic carbocycles. The summed E-state index contributed by atoms with van der Waals surface area (Å²) < 4.78 is 2.00. The summed E-state index contributed by atoms with van der Waals surface area (Å²) in [5.41, 5.74) is 2.85. The number of aromatic amines is 1. The highest BCUT2D eigenvalue weighted by Crippen LogP contribution is 2.30. The van der Waals surface area contributed by atoms with Crippen LogP contribution >= 0.6 is 0 Å². The van der Waals surface area contributed by atoms with Gasteiger partial charge in [0.25, 0.3) is 0 Å². The molecule has 1 atom stereocenters. The average Bonchev–Trinajstić information content (AvgIpc) is 3.30. The zero-order valence-corrected chi connectivity index (χ0v) is 17.3. The second kappa shape index (κ2) is 7.81. The molecule has 0 radical (unpaired) electrons. The summed E-state index contributed by atoms with van der Waals surface area (Å²) in [5.74, 6) is 2.18. The molecule has 7 heteroatoms. The minimum Gasteiger partial charge on any atom is -0.367 e. The smallest absolute Gasteiger partial charge is 0.231 e. The molecule has 0 saturated heterocycles. The van der Waals surface area contributed by atoms with Gasteiger partial charge in [-0.2, -0.15) is 15.1 Å². The van der Waals surface area contributed by atoms with Gasteiger partial charge < -0.3 is 15.6 Å². The Bertz CT molecular complexity index is 934. The van der Waals surface area contributed by atoms with Gasteiger partial charge in [0.15, 0.2) is 0 Å². The second-order valence-electron chi connectivity index (χ2n) is 8.27. The fourth-order valence-electron chi connectivity index (χ4n) is 4.26. The van der Waals surface area contributed by atoms with E-state index in [1.807, 2.05) is 23.1 Å². The summed E-state index contributed by atoms with van der Waals surface area (Å²) in [6, 6.07) is 2.75. The predicted octanol–water partition coefficient (Wildman–Crippen LogP) is 5.17. The van der Waals surface area contributed by atoms with Gasteiger partial charge in [0, 0.05) is 18.3 Å². The fourth-order valence-corrected chi connectivity index (χ4v) is 4.26. The van der Waals surface area contributed by atoms with E-state index in [1.165, 1.54) is 32.1 Å². The molecule has 0 unspecified atom stereocenters. The molecule has 3 aromatic heterocycles. The zero-order chi connectivity index (χ0) is 19.7. The van der Waals surface area contributed by atoms with E-state index in [9.17, 15) is 0 Å². The number of hydrogen-bond donors (Lipinski definition) is 3. The normalized spacial score (nSPS) is 16.6. The maximum Gasteiger partial charge on any atom is 0.231 e. The predicted molar refractivity (Wildman–Crippen MR) is 114 cm³/mol. The van der Waals surface area contributed by atoms with E-state index in [-0.39, 0.29) is 0 Å². The third kappa shape index (κ3) is 3.70. The lowest BCUT2D eigenvalue weighted by Crippen LogP contribution is -2.28. The quantitative estimate of drug-likeness (QED) is 0.549. The molecular weight excluding hydrogens is 350 g/mol. The van der Waals surface area contributed by atoms with Crippen molar-refractivity contribution in [1.29, 1.82) is 0 Å². The van der Waals surface area contributed by atoms with Gasteiger partial charge in [-0.15, -0.1) is 0 Å². The highest BCUT2D eigenvalue weighted by atomic mass is 15.3. The minimum absolute atomic E-state index is 0.316. The molecule has 0 aliphatic heterocycles. The Hall–Kier alpha value is -2.57. The van der Waals surface area contributed by atoms with Crippen LogP contribution in [-0.2, 0) is 0 Å². The molecule has 3 aromatic rings. The van der Waals surface area contributed by atoms with E-state index in [4.69, 9.17) is 4.98 Å². The number of aromatic nitrogens is 5. The molecule has 3 heterocycles. The van der Waals surface area contributed by atoms with Crippen molar-refractivity contribution in [3.05, 3.63) is 24.2 Å². The first kappa shape index (κ1) is 18.8. The largest absolute Gasteiger partial charge is 0.367 e. The highest BCUT2D eigenvalue weighted by Gasteiger charge is 2.21. The number of H-pyrrole nitrogens is 1. The van der Waals surface area contributed by atoms with Crippen LogP contribution in [0.25, 0.3) is 11.0 Å². The van der Waals surface area contributed by atoms with Gasteiger partial charge in [0.1, 0.15) is 11.5 Å². The third-order valence-electron chi connectivity index (χ3n) is 5.92. The van der Waals surface area contributed by atoms with Gasteiger partial charge in [0.2, 0.25) is 5.95 Å². The monoisotopic (exact) mass is 381 g/mol. The van der Waals surface area contributed by atoms with Crippen LogP contribution in [-0.4, -0.2) is 30.8 Å². The van der Waals surface area contributed by atoms with Crippen LogP contribution in [0.3, 0.4) is 0 Å². The zero-order valence-electron chi connectivity index (χ0n) is 17.3. The Morgan fingerprint density at radius 3 is 2.64 bits per heavy atom. The number of fused-ring (bicyclic) bond motifs is 1. The molecule has 28 heavy (non-hydrogen) atoms. The molecule has 1 aliphatic rings. The average molecular weight is 382 g/mol. The van der Waals surface area contributed by atoms with Crippen molar-refractivity contribution in [2.75, 3.05) is 10.6 Å². The van der Waals surface area contributed by atoms with Gasteiger partial charge in [-0.1, -0.05) is 19.3 Å². The summed E-state index contributed by atoms with van der Waals surface area (Å²) in [6.07, 6.45) is 10.4. The maximum atomic E-state index is 4.81. The number of nitrogens with one attached hydrogen (secondary N) is 3. The topological polar surface area (TPSA) is 83.4 Å². The first-order chi connectivity index (χ1) is 13.5. The Balaban J connectivity index is 1.60. The van der Waals surface area contributed by atoms with Crippen molar-refractivity contribution in [3.63, 3.8) is 0 Å². The van der Waals surface area contributed by atoms with Crippen molar-refractivity contribution in [1.82, 2.24) is 24.7 Å². The summed E-state index contributed by atoms with van der Waals surface area (Å²) in [7, 11) is 0. The lowest BCUT2D eigenvalue weighted by Gasteiger charge is -2.28. The molecular formula is C21H31N7. The van der Waals surface area contributed by atoms with Crippen LogP contribution in [0.1, 0.15) is 64.6 Å². The molecule has 0 spiro atoms. The van der Waals surface area contributed by atoms with Gasteiger partial charge in [-0.05, 0) is 52.5 Å². The van der Waals surface area contributed by atoms with Crippen LogP contribution < -0.4 is 10.6 Å². The van der Waals surface area contributed by atoms with Crippen molar-refractivity contribution < 1.29 is 0 Å². The molecule has 150 valence electrons. The molecule has 0 aromatic carbocycles. The Labute approximate surface area is 166 Å². The lowest BCUT2D eigenvalue weighted by atomic mass is 9.84. The third-order valence-corrected chi connectivity index (χ3v) is 5.92. The van der Waals surface area contributed by atoms with E-state index in [0.29, 0.717) is 23.9 Å². The van der Waals surface area contributed by atoms with Crippen LogP contribution in [0.5, 0.6) is 0 Å². The molecule has 4 rings (SSSR count). The van der Waals surface area contributed by atoms with Crippen LogP contribution in [0.2, 0.25) is 0 Å². The molecule has 3 N–H and O–H groups in total. The first-order valence-electron chi connectivity index (χ1n) is 10.5. The Morgan fingerprint density at radius 1 is 1.14 bits per heavy atom. The van der Waals surface area contributed by atoms with E-state index in [2.05, 4.69) is 53.4 Å². The molecule has 1 saturated carbocycles. The lowest BCUT2D eigenvalue weighted by molar-refractivity contribution is 0.328. The summed E-state index contributed by atoms with van der Waals surface area (Å²) in [6.45, 7) is 8.59. The van der Waals surface area contributed by atoms with Crippen molar-refractivity contribution >= 4 is 28.5 Å². The summed E-state index contributed by atoms with van der Waals surface area (Å²) in [5, 5.41) is 12.5. The highest BCUT2D eigenvalue weighted by molar-refractivity contribution is 5.88. The van der Waals surface area contributed by atoms with Crippen molar-refractivity contribution in [3.8, 4) is 0 Å².